The second kappa shape index (κ2) is 7.00. The van der Waals surface area contributed by atoms with Crippen molar-refractivity contribution < 1.29 is 4.79 Å². The summed E-state index contributed by atoms with van der Waals surface area (Å²) in [7, 11) is 0. The molecular weight excluding hydrogens is 260 g/mol. The molecule has 5 nitrogen and oxygen atoms in total. The lowest BCUT2D eigenvalue weighted by Gasteiger charge is -2.10. The van der Waals surface area contributed by atoms with Crippen LogP contribution in [0.3, 0.4) is 0 Å². The number of aromatic nitrogens is 1. The summed E-state index contributed by atoms with van der Waals surface area (Å²) in [5.74, 6) is 2.53. The van der Waals surface area contributed by atoms with Crippen LogP contribution in [0.25, 0.3) is 0 Å². The molecule has 0 aliphatic rings. The van der Waals surface area contributed by atoms with Crippen LogP contribution < -0.4 is 16.4 Å². The first-order valence-electron chi connectivity index (χ1n) is 6.27. The maximum Gasteiger partial charge on any atom is 0.266 e. The van der Waals surface area contributed by atoms with Crippen molar-refractivity contribution >= 4 is 28.2 Å². The van der Waals surface area contributed by atoms with E-state index in [4.69, 9.17) is 12.2 Å². The van der Waals surface area contributed by atoms with Gasteiger partial charge in [-0.3, -0.25) is 4.79 Å². The van der Waals surface area contributed by atoms with E-state index in [1.165, 1.54) is 11.3 Å². The van der Waals surface area contributed by atoms with Crippen molar-refractivity contribution in [3.05, 3.63) is 4.88 Å². The Morgan fingerprint density at radius 1 is 1.58 bits per heavy atom. The van der Waals surface area contributed by atoms with E-state index < -0.39 is 0 Å². The van der Waals surface area contributed by atoms with Crippen molar-refractivity contribution in [2.75, 3.05) is 11.1 Å². The van der Waals surface area contributed by atoms with Crippen LogP contribution in [0, 0.1) is 12.3 Å². The van der Waals surface area contributed by atoms with Gasteiger partial charge in [-0.15, -0.1) is 6.42 Å². The molecular formula is C13H20N4OS. The number of nitrogen functional groups attached to an aromatic ring is 1. The molecule has 1 amide bonds. The summed E-state index contributed by atoms with van der Waals surface area (Å²) in [5, 5.41) is 6.54. The summed E-state index contributed by atoms with van der Waals surface area (Å²) in [4.78, 5) is 16.6. The fourth-order valence-corrected chi connectivity index (χ4v) is 2.45. The fourth-order valence-electron chi connectivity index (χ4n) is 1.51. The first-order valence-corrected chi connectivity index (χ1v) is 7.09. The molecule has 1 atom stereocenters. The van der Waals surface area contributed by atoms with Gasteiger partial charge in [-0.2, -0.15) is 0 Å². The first kappa shape index (κ1) is 15.3. The highest BCUT2D eigenvalue weighted by atomic mass is 32.1. The number of hydrogen-bond donors (Lipinski definition) is 3. The maximum atomic E-state index is 12.1. The highest BCUT2D eigenvalue weighted by molar-refractivity contribution is 7.18. The van der Waals surface area contributed by atoms with Gasteiger partial charge in [0.1, 0.15) is 10.7 Å². The van der Waals surface area contributed by atoms with Gasteiger partial charge in [0.25, 0.3) is 5.91 Å². The molecule has 1 rings (SSSR count). The van der Waals surface area contributed by atoms with E-state index in [1.54, 1.807) is 0 Å². The van der Waals surface area contributed by atoms with Crippen LogP contribution >= 0.6 is 11.3 Å². The Balaban J connectivity index is 2.77. The van der Waals surface area contributed by atoms with E-state index in [-0.39, 0.29) is 23.8 Å². The van der Waals surface area contributed by atoms with E-state index in [1.807, 2.05) is 20.8 Å². The zero-order chi connectivity index (χ0) is 14.4. The molecule has 0 saturated carbocycles. The van der Waals surface area contributed by atoms with Gasteiger partial charge in [-0.05, 0) is 20.3 Å². The summed E-state index contributed by atoms with van der Waals surface area (Å²) in [6, 6.07) is -0.0273. The van der Waals surface area contributed by atoms with E-state index in [2.05, 4.69) is 21.5 Å². The lowest BCUT2D eigenvalue weighted by Crippen LogP contribution is -2.33. The molecule has 6 heteroatoms. The average molecular weight is 280 g/mol. The predicted molar refractivity (Wildman–Crippen MR) is 80.3 cm³/mol. The number of amides is 1. The van der Waals surface area contributed by atoms with Gasteiger partial charge in [0.05, 0.1) is 6.04 Å². The molecule has 1 unspecified atom stereocenters. The maximum absolute atomic E-state index is 12.1. The monoisotopic (exact) mass is 280 g/mol. The Kier molecular flexibility index (Phi) is 5.64. The predicted octanol–water partition coefficient (Wildman–Crippen LogP) is 2.08. The standard InChI is InChI=1S/C13H20N4OS/c1-5-7-9(6-2)16-12(18)10-11(14)17-13(19-10)15-8(3)4/h2,8-9H,5,7,14H2,1,3-4H3,(H,15,17)(H,16,18). The molecule has 0 saturated heterocycles. The number of anilines is 2. The molecule has 0 spiro atoms. The highest BCUT2D eigenvalue weighted by Crippen LogP contribution is 2.25. The topological polar surface area (TPSA) is 80.0 Å². The number of hydrogen-bond acceptors (Lipinski definition) is 5. The smallest absolute Gasteiger partial charge is 0.266 e. The first-order chi connectivity index (χ1) is 8.97. The van der Waals surface area contributed by atoms with Gasteiger partial charge < -0.3 is 16.4 Å². The summed E-state index contributed by atoms with van der Waals surface area (Å²) >= 11 is 1.24. The number of carbonyl (C=O) groups excluding carboxylic acids is 1. The molecule has 104 valence electrons. The number of nitrogens with two attached hydrogens (primary N) is 1. The Labute approximate surface area is 118 Å². The number of carbonyl (C=O) groups is 1. The third-order valence-electron chi connectivity index (χ3n) is 2.36. The second-order valence-electron chi connectivity index (χ2n) is 4.51. The van der Waals surface area contributed by atoms with Crippen molar-refractivity contribution in [1.29, 1.82) is 0 Å². The molecule has 19 heavy (non-hydrogen) atoms. The third-order valence-corrected chi connectivity index (χ3v) is 3.36. The van der Waals surface area contributed by atoms with Gasteiger partial charge >= 0.3 is 0 Å². The molecule has 0 aliphatic carbocycles. The molecule has 0 aliphatic heterocycles. The van der Waals surface area contributed by atoms with Gasteiger partial charge in [0.2, 0.25) is 0 Å². The van der Waals surface area contributed by atoms with Gasteiger partial charge in [0, 0.05) is 6.04 Å². The molecule has 0 aromatic carbocycles. The molecule has 0 fully saturated rings. The summed E-state index contributed by atoms with van der Waals surface area (Å²) in [6.07, 6.45) is 7.03. The normalized spacial score (nSPS) is 11.9. The minimum atomic E-state index is -0.263. The highest BCUT2D eigenvalue weighted by Gasteiger charge is 2.18. The summed E-state index contributed by atoms with van der Waals surface area (Å²) in [6.45, 7) is 6.00. The number of nitrogens with one attached hydrogen (secondary N) is 2. The van der Waals surface area contributed by atoms with Gasteiger partial charge in [-0.1, -0.05) is 30.6 Å². The number of terminal acetylenes is 1. The minimum Gasteiger partial charge on any atom is -0.382 e. The Bertz CT molecular complexity index is 475. The average Bonchev–Trinajstić information content (AvgIpc) is 2.68. The minimum absolute atomic E-state index is 0.234. The molecule has 0 bridgehead atoms. The van der Waals surface area contributed by atoms with Crippen molar-refractivity contribution in [1.82, 2.24) is 10.3 Å². The van der Waals surface area contributed by atoms with Crippen LogP contribution in [0.1, 0.15) is 43.3 Å². The van der Waals surface area contributed by atoms with Crippen molar-refractivity contribution in [2.24, 2.45) is 0 Å². The Morgan fingerprint density at radius 3 is 2.79 bits per heavy atom. The zero-order valence-electron chi connectivity index (χ0n) is 11.5. The SMILES string of the molecule is C#CC(CCC)NC(=O)c1sc(NC(C)C)nc1N. The van der Waals surface area contributed by atoms with Gasteiger partial charge in [0.15, 0.2) is 5.13 Å². The lowest BCUT2D eigenvalue weighted by molar-refractivity contribution is 0.0949. The Morgan fingerprint density at radius 2 is 2.26 bits per heavy atom. The van der Waals surface area contributed by atoms with E-state index in [0.29, 0.717) is 10.0 Å². The molecule has 1 aromatic heterocycles. The summed E-state index contributed by atoms with van der Waals surface area (Å²) in [5.41, 5.74) is 5.76. The number of thiazole rings is 1. The molecule has 4 N–H and O–H groups in total. The van der Waals surface area contributed by atoms with Crippen molar-refractivity contribution in [3.8, 4) is 12.3 Å². The second-order valence-corrected chi connectivity index (χ2v) is 5.51. The Hall–Kier alpha value is -1.74. The summed E-state index contributed by atoms with van der Waals surface area (Å²) < 4.78 is 0. The van der Waals surface area contributed by atoms with Crippen LogP contribution in [0.2, 0.25) is 0 Å². The lowest BCUT2D eigenvalue weighted by atomic mass is 10.2. The third kappa shape index (κ3) is 4.45. The van der Waals surface area contributed by atoms with Crippen LogP contribution in [-0.2, 0) is 0 Å². The quantitative estimate of drug-likeness (QED) is 0.697. The fraction of sp³-hybridized carbons (Fsp3) is 0.538. The van der Waals surface area contributed by atoms with Crippen LogP contribution in [0.4, 0.5) is 10.9 Å². The van der Waals surface area contributed by atoms with E-state index in [0.717, 1.165) is 12.8 Å². The zero-order valence-corrected chi connectivity index (χ0v) is 12.3. The van der Waals surface area contributed by atoms with Crippen molar-refractivity contribution in [2.45, 2.75) is 45.7 Å². The molecule has 0 radical (unpaired) electrons. The van der Waals surface area contributed by atoms with Crippen molar-refractivity contribution in [3.63, 3.8) is 0 Å². The van der Waals surface area contributed by atoms with Gasteiger partial charge in [-0.25, -0.2) is 4.98 Å². The molecule has 1 heterocycles. The van der Waals surface area contributed by atoms with E-state index in [9.17, 15) is 4.79 Å². The largest absolute Gasteiger partial charge is 0.382 e. The van der Waals surface area contributed by atoms with Crippen LogP contribution in [0.15, 0.2) is 0 Å². The number of rotatable bonds is 6. The number of nitrogens with zero attached hydrogens (tertiary/aromatic N) is 1. The van der Waals surface area contributed by atoms with E-state index >= 15 is 0 Å². The molecule has 1 aromatic rings. The van der Waals surface area contributed by atoms with Crippen LogP contribution in [0.5, 0.6) is 0 Å². The van der Waals surface area contributed by atoms with Crippen LogP contribution in [-0.4, -0.2) is 23.0 Å².